The van der Waals surface area contributed by atoms with Gasteiger partial charge in [0, 0.05) is 13.1 Å². The molecule has 0 N–H and O–H groups in total. The fraction of sp³-hybridized carbons (Fsp3) is 0.300. The molecule has 0 bridgehead atoms. The summed E-state index contributed by atoms with van der Waals surface area (Å²) in [6.07, 6.45) is 7.98. The van der Waals surface area contributed by atoms with Gasteiger partial charge in [0.15, 0.2) is 12.4 Å². The number of allylic oxidation sites excluding steroid dienone is 3. The van der Waals surface area contributed by atoms with Crippen molar-refractivity contribution in [3.63, 3.8) is 0 Å². The summed E-state index contributed by atoms with van der Waals surface area (Å²) in [4.78, 5) is 15.0. The van der Waals surface area contributed by atoms with Crippen LogP contribution in [0.3, 0.4) is 0 Å². The highest BCUT2D eigenvalue weighted by Gasteiger charge is 2.02. The molecule has 5 heteroatoms. The van der Waals surface area contributed by atoms with E-state index in [1.807, 2.05) is 13.0 Å². The largest absolute Gasteiger partial charge is 0.454 e. The molecule has 0 amide bonds. The number of carbonyl (C=O) groups is 1. The summed E-state index contributed by atoms with van der Waals surface area (Å²) >= 11 is 0. The Kier molecular flexibility index (Phi) is 4.28. The van der Waals surface area contributed by atoms with Gasteiger partial charge in [0.05, 0.1) is 0 Å². The first-order chi connectivity index (χ1) is 7.24. The molecule has 1 heterocycles. The molecular formula is C10H13N3O2. The van der Waals surface area contributed by atoms with Crippen molar-refractivity contribution < 1.29 is 9.53 Å². The SMILES string of the molecule is C/C=C/C=C/C(=O)OCc1ncnn1C. The lowest BCUT2D eigenvalue weighted by Gasteiger charge is -2.00. The Hall–Kier alpha value is -1.91. The van der Waals surface area contributed by atoms with E-state index in [0.717, 1.165) is 0 Å². The van der Waals surface area contributed by atoms with Crippen molar-refractivity contribution in [2.75, 3.05) is 0 Å². The molecular weight excluding hydrogens is 194 g/mol. The van der Waals surface area contributed by atoms with Gasteiger partial charge in [-0.1, -0.05) is 18.2 Å². The zero-order valence-electron chi connectivity index (χ0n) is 8.75. The van der Waals surface area contributed by atoms with Crippen LogP contribution in [0.4, 0.5) is 0 Å². The summed E-state index contributed by atoms with van der Waals surface area (Å²) in [5, 5.41) is 3.86. The van der Waals surface area contributed by atoms with Gasteiger partial charge < -0.3 is 4.74 Å². The first-order valence-corrected chi connectivity index (χ1v) is 4.53. The predicted octanol–water partition coefficient (Wildman–Crippen LogP) is 0.991. The molecule has 5 nitrogen and oxygen atoms in total. The Bertz CT molecular complexity index is 380. The van der Waals surface area contributed by atoms with E-state index in [-0.39, 0.29) is 6.61 Å². The second-order valence-corrected chi connectivity index (χ2v) is 2.79. The van der Waals surface area contributed by atoms with Gasteiger partial charge in [-0.05, 0) is 6.92 Å². The average molecular weight is 207 g/mol. The molecule has 0 radical (unpaired) electrons. The van der Waals surface area contributed by atoms with Crippen LogP contribution in [0.2, 0.25) is 0 Å². The van der Waals surface area contributed by atoms with E-state index < -0.39 is 5.97 Å². The van der Waals surface area contributed by atoms with Crippen LogP contribution < -0.4 is 0 Å². The first-order valence-electron chi connectivity index (χ1n) is 4.53. The number of carbonyl (C=O) groups excluding carboxylic acids is 1. The maximum Gasteiger partial charge on any atom is 0.331 e. The number of rotatable bonds is 4. The smallest absolute Gasteiger partial charge is 0.331 e. The fourth-order valence-electron chi connectivity index (χ4n) is 0.880. The van der Waals surface area contributed by atoms with Crippen LogP contribution in [-0.2, 0) is 23.2 Å². The summed E-state index contributed by atoms with van der Waals surface area (Å²) in [6.45, 7) is 2.00. The molecule has 0 saturated carbocycles. The monoisotopic (exact) mass is 207 g/mol. The van der Waals surface area contributed by atoms with Gasteiger partial charge in [-0.2, -0.15) is 5.10 Å². The van der Waals surface area contributed by atoms with E-state index in [1.165, 1.54) is 12.4 Å². The van der Waals surface area contributed by atoms with Gasteiger partial charge in [0.2, 0.25) is 0 Å². The third-order valence-corrected chi connectivity index (χ3v) is 1.68. The van der Waals surface area contributed by atoms with Crippen molar-refractivity contribution in [2.24, 2.45) is 7.05 Å². The van der Waals surface area contributed by atoms with Crippen molar-refractivity contribution >= 4 is 5.97 Å². The molecule has 0 saturated heterocycles. The second kappa shape index (κ2) is 5.74. The standard InChI is InChI=1S/C10H13N3O2/c1-3-4-5-6-10(14)15-7-9-11-8-12-13(9)2/h3-6,8H,7H2,1-2H3/b4-3+,6-5+. The van der Waals surface area contributed by atoms with Gasteiger partial charge in [0.1, 0.15) is 6.33 Å². The summed E-state index contributed by atoms with van der Waals surface area (Å²) in [5.41, 5.74) is 0. The van der Waals surface area contributed by atoms with Crippen LogP contribution in [0.15, 0.2) is 30.6 Å². The number of ether oxygens (including phenoxy) is 1. The lowest BCUT2D eigenvalue weighted by Crippen LogP contribution is -2.06. The van der Waals surface area contributed by atoms with E-state index >= 15 is 0 Å². The number of hydrogen-bond donors (Lipinski definition) is 0. The average Bonchev–Trinajstić information content (AvgIpc) is 2.61. The number of esters is 1. The molecule has 1 rings (SSSR count). The highest BCUT2D eigenvalue weighted by Crippen LogP contribution is 1.95. The molecule has 0 unspecified atom stereocenters. The van der Waals surface area contributed by atoms with E-state index in [9.17, 15) is 4.79 Å². The van der Waals surface area contributed by atoms with Crippen molar-refractivity contribution in [2.45, 2.75) is 13.5 Å². The molecule has 0 aliphatic rings. The Morgan fingerprint density at radius 1 is 1.60 bits per heavy atom. The van der Waals surface area contributed by atoms with Crippen LogP contribution in [0.5, 0.6) is 0 Å². The first kappa shape index (κ1) is 11.2. The zero-order valence-corrected chi connectivity index (χ0v) is 8.75. The lowest BCUT2D eigenvalue weighted by molar-refractivity contribution is -0.139. The number of aryl methyl sites for hydroxylation is 1. The van der Waals surface area contributed by atoms with Gasteiger partial charge in [-0.25, -0.2) is 9.78 Å². The van der Waals surface area contributed by atoms with E-state index in [2.05, 4.69) is 10.1 Å². The van der Waals surface area contributed by atoms with Gasteiger partial charge in [0.25, 0.3) is 0 Å². The van der Waals surface area contributed by atoms with E-state index in [1.54, 1.807) is 23.9 Å². The number of aromatic nitrogens is 3. The van der Waals surface area contributed by atoms with Crippen LogP contribution in [0.1, 0.15) is 12.7 Å². The van der Waals surface area contributed by atoms with Crippen LogP contribution in [-0.4, -0.2) is 20.7 Å². The van der Waals surface area contributed by atoms with E-state index in [4.69, 9.17) is 4.74 Å². The molecule has 0 aliphatic heterocycles. The van der Waals surface area contributed by atoms with Crippen molar-refractivity contribution in [1.29, 1.82) is 0 Å². The third kappa shape index (κ3) is 3.76. The Morgan fingerprint density at radius 3 is 3.00 bits per heavy atom. The second-order valence-electron chi connectivity index (χ2n) is 2.79. The van der Waals surface area contributed by atoms with E-state index in [0.29, 0.717) is 5.82 Å². The third-order valence-electron chi connectivity index (χ3n) is 1.68. The molecule has 0 spiro atoms. The summed E-state index contributed by atoms with van der Waals surface area (Å²) in [5.74, 6) is 0.221. The van der Waals surface area contributed by atoms with Gasteiger partial charge >= 0.3 is 5.97 Å². The molecule has 0 aliphatic carbocycles. The summed E-state index contributed by atoms with van der Waals surface area (Å²) < 4.78 is 6.49. The number of nitrogens with zero attached hydrogens (tertiary/aromatic N) is 3. The minimum Gasteiger partial charge on any atom is -0.454 e. The van der Waals surface area contributed by atoms with Gasteiger partial charge in [-0.15, -0.1) is 0 Å². The highest BCUT2D eigenvalue weighted by molar-refractivity contribution is 5.82. The molecule has 15 heavy (non-hydrogen) atoms. The molecule has 0 atom stereocenters. The predicted molar refractivity (Wildman–Crippen MR) is 54.8 cm³/mol. The minimum atomic E-state index is -0.392. The topological polar surface area (TPSA) is 57.0 Å². The Labute approximate surface area is 88.1 Å². The Balaban J connectivity index is 2.38. The fourth-order valence-corrected chi connectivity index (χ4v) is 0.880. The quantitative estimate of drug-likeness (QED) is 0.419. The normalized spacial score (nSPS) is 11.3. The molecule has 1 aromatic rings. The van der Waals surface area contributed by atoms with Crippen molar-refractivity contribution in [3.8, 4) is 0 Å². The number of hydrogen-bond acceptors (Lipinski definition) is 4. The highest BCUT2D eigenvalue weighted by atomic mass is 16.5. The lowest BCUT2D eigenvalue weighted by atomic mass is 10.4. The summed E-state index contributed by atoms with van der Waals surface area (Å²) in [6, 6.07) is 0. The molecule has 80 valence electrons. The van der Waals surface area contributed by atoms with Crippen LogP contribution in [0, 0.1) is 0 Å². The Morgan fingerprint density at radius 2 is 2.40 bits per heavy atom. The maximum atomic E-state index is 11.1. The molecule has 1 aromatic heterocycles. The van der Waals surface area contributed by atoms with Crippen molar-refractivity contribution in [1.82, 2.24) is 14.8 Å². The van der Waals surface area contributed by atoms with Gasteiger partial charge in [-0.3, -0.25) is 4.68 Å². The van der Waals surface area contributed by atoms with Crippen LogP contribution in [0.25, 0.3) is 0 Å². The molecule has 0 aromatic carbocycles. The summed E-state index contributed by atoms with van der Waals surface area (Å²) in [7, 11) is 1.74. The van der Waals surface area contributed by atoms with Crippen LogP contribution >= 0.6 is 0 Å². The van der Waals surface area contributed by atoms with Crippen molar-refractivity contribution in [3.05, 3.63) is 36.5 Å². The maximum absolute atomic E-state index is 11.1. The molecule has 0 fully saturated rings. The zero-order chi connectivity index (χ0) is 11.1. The minimum absolute atomic E-state index is 0.134.